The Morgan fingerprint density at radius 1 is 1.14 bits per heavy atom. The molecule has 2 aromatic carbocycles. The molecule has 0 radical (unpaired) electrons. The van der Waals surface area contributed by atoms with E-state index in [0.29, 0.717) is 17.2 Å². The smallest absolute Gasteiger partial charge is 0.335 e. The SMILES string of the molecule is O=c1[nH]c(=O)n(-c2ccc(I)cc2)c(O)c1C=NCc1ccc2c(c1)OCO2. The molecule has 2 N–H and O–H groups in total. The summed E-state index contributed by atoms with van der Waals surface area (Å²) in [5.74, 6) is 0.844. The van der Waals surface area contributed by atoms with Crippen LogP contribution in [-0.2, 0) is 6.54 Å². The first-order valence-electron chi connectivity index (χ1n) is 8.25. The molecule has 0 aliphatic carbocycles. The van der Waals surface area contributed by atoms with Crippen molar-refractivity contribution < 1.29 is 14.6 Å². The average molecular weight is 491 g/mol. The number of aliphatic imine (C=N–C) groups is 1. The number of halogens is 1. The Labute approximate surface area is 172 Å². The Hall–Kier alpha value is -3.08. The number of fused-ring (bicyclic) bond motifs is 1. The average Bonchev–Trinajstić information content (AvgIpc) is 3.13. The standard InChI is InChI=1S/C19H14IN3O5/c20-12-2-4-13(5-3-12)23-18(25)14(17(24)22-19(23)26)9-21-8-11-1-6-15-16(7-11)28-10-27-15/h1-7,9,25H,8,10H2,(H,22,24,26). The molecule has 28 heavy (non-hydrogen) atoms. The van der Waals surface area contributed by atoms with Crippen molar-refractivity contribution in [3.05, 3.63) is 78.0 Å². The number of aromatic nitrogens is 2. The van der Waals surface area contributed by atoms with E-state index >= 15 is 0 Å². The van der Waals surface area contributed by atoms with Crippen LogP contribution in [-0.4, -0.2) is 27.7 Å². The third-order valence-electron chi connectivity index (χ3n) is 4.14. The van der Waals surface area contributed by atoms with Crippen LogP contribution in [0.2, 0.25) is 0 Å². The van der Waals surface area contributed by atoms with Crippen molar-refractivity contribution in [1.82, 2.24) is 9.55 Å². The van der Waals surface area contributed by atoms with E-state index in [4.69, 9.17) is 9.47 Å². The van der Waals surface area contributed by atoms with Crippen molar-refractivity contribution in [1.29, 1.82) is 0 Å². The fraction of sp³-hybridized carbons (Fsp3) is 0.105. The van der Waals surface area contributed by atoms with E-state index in [0.717, 1.165) is 13.7 Å². The van der Waals surface area contributed by atoms with Gasteiger partial charge in [-0.1, -0.05) is 6.07 Å². The first-order valence-corrected chi connectivity index (χ1v) is 9.33. The number of nitrogens with zero attached hydrogens (tertiary/aromatic N) is 2. The van der Waals surface area contributed by atoms with E-state index in [9.17, 15) is 14.7 Å². The van der Waals surface area contributed by atoms with Gasteiger partial charge in [0.15, 0.2) is 11.5 Å². The van der Waals surface area contributed by atoms with Crippen LogP contribution in [0.25, 0.3) is 5.69 Å². The van der Waals surface area contributed by atoms with Crippen molar-refractivity contribution in [3.63, 3.8) is 0 Å². The number of nitrogens with one attached hydrogen (secondary N) is 1. The van der Waals surface area contributed by atoms with E-state index in [2.05, 4.69) is 32.6 Å². The second-order valence-electron chi connectivity index (χ2n) is 5.97. The molecule has 0 atom stereocenters. The van der Waals surface area contributed by atoms with Crippen LogP contribution in [0, 0.1) is 3.57 Å². The number of hydrogen-bond acceptors (Lipinski definition) is 6. The highest BCUT2D eigenvalue weighted by Crippen LogP contribution is 2.32. The van der Waals surface area contributed by atoms with E-state index in [1.807, 2.05) is 6.07 Å². The molecule has 0 fully saturated rings. The molecular formula is C19H14IN3O5. The van der Waals surface area contributed by atoms with Gasteiger partial charge < -0.3 is 14.6 Å². The van der Waals surface area contributed by atoms with E-state index in [-0.39, 0.29) is 18.9 Å². The number of aromatic hydroxyl groups is 1. The minimum Gasteiger partial charge on any atom is -0.493 e. The van der Waals surface area contributed by atoms with Gasteiger partial charge in [-0.3, -0.25) is 14.8 Å². The van der Waals surface area contributed by atoms with Gasteiger partial charge in [-0.2, -0.15) is 0 Å². The molecule has 0 bridgehead atoms. The van der Waals surface area contributed by atoms with Gasteiger partial charge in [-0.05, 0) is 64.6 Å². The van der Waals surface area contributed by atoms with Gasteiger partial charge >= 0.3 is 5.69 Å². The Bertz CT molecular complexity index is 1180. The molecule has 3 aromatic rings. The summed E-state index contributed by atoms with van der Waals surface area (Å²) in [5, 5.41) is 10.5. The number of benzene rings is 2. The summed E-state index contributed by atoms with van der Waals surface area (Å²) in [5.41, 5.74) is -0.249. The lowest BCUT2D eigenvalue weighted by atomic mass is 10.2. The molecule has 0 spiro atoms. The summed E-state index contributed by atoms with van der Waals surface area (Å²) < 4.78 is 12.6. The van der Waals surface area contributed by atoms with Crippen molar-refractivity contribution in [2.45, 2.75) is 6.54 Å². The van der Waals surface area contributed by atoms with Gasteiger partial charge in [-0.25, -0.2) is 9.36 Å². The highest BCUT2D eigenvalue weighted by atomic mass is 127. The molecule has 2 heterocycles. The molecule has 4 rings (SSSR count). The maximum atomic E-state index is 12.2. The van der Waals surface area contributed by atoms with Crippen LogP contribution in [0.1, 0.15) is 11.1 Å². The van der Waals surface area contributed by atoms with E-state index in [1.165, 1.54) is 6.21 Å². The van der Waals surface area contributed by atoms with Gasteiger partial charge in [0.25, 0.3) is 5.56 Å². The van der Waals surface area contributed by atoms with Crippen molar-refractivity contribution in [3.8, 4) is 23.1 Å². The molecule has 9 heteroatoms. The Morgan fingerprint density at radius 2 is 1.89 bits per heavy atom. The zero-order valence-corrected chi connectivity index (χ0v) is 16.5. The Kier molecular flexibility index (Phi) is 4.90. The molecule has 0 saturated carbocycles. The first kappa shape index (κ1) is 18.3. The monoisotopic (exact) mass is 491 g/mol. The van der Waals surface area contributed by atoms with Gasteiger partial charge in [-0.15, -0.1) is 0 Å². The fourth-order valence-electron chi connectivity index (χ4n) is 2.77. The Morgan fingerprint density at radius 3 is 2.68 bits per heavy atom. The van der Waals surface area contributed by atoms with Crippen LogP contribution < -0.4 is 20.7 Å². The molecule has 8 nitrogen and oxygen atoms in total. The van der Waals surface area contributed by atoms with Gasteiger partial charge in [0.05, 0.1) is 12.2 Å². The first-order chi connectivity index (χ1) is 13.5. The van der Waals surface area contributed by atoms with Gasteiger partial charge in [0, 0.05) is 9.78 Å². The molecular weight excluding hydrogens is 477 g/mol. The lowest BCUT2D eigenvalue weighted by molar-refractivity contribution is 0.174. The highest BCUT2D eigenvalue weighted by Gasteiger charge is 2.15. The molecule has 1 aromatic heterocycles. The topological polar surface area (TPSA) is 106 Å². The summed E-state index contributed by atoms with van der Waals surface area (Å²) in [6.07, 6.45) is 1.25. The zero-order valence-electron chi connectivity index (χ0n) is 14.4. The molecule has 142 valence electrons. The zero-order chi connectivity index (χ0) is 19.7. The summed E-state index contributed by atoms with van der Waals surface area (Å²) in [6, 6.07) is 12.4. The van der Waals surface area contributed by atoms with Crippen LogP contribution in [0.5, 0.6) is 17.4 Å². The normalized spacial score (nSPS) is 12.6. The quantitative estimate of drug-likeness (QED) is 0.430. The van der Waals surface area contributed by atoms with Crippen LogP contribution >= 0.6 is 22.6 Å². The Balaban J connectivity index is 1.65. The summed E-state index contributed by atoms with van der Waals surface area (Å²) in [4.78, 5) is 30.7. The maximum absolute atomic E-state index is 12.2. The minimum atomic E-state index is -0.725. The molecule has 0 amide bonds. The number of hydrogen-bond donors (Lipinski definition) is 2. The summed E-state index contributed by atoms with van der Waals surface area (Å²) in [7, 11) is 0. The van der Waals surface area contributed by atoms with Crippen LogP contribution in [0.4, 0.5) is 0 Å². The van der Waals surface area contributed by atoms with E-state index < -0.39 is 17.1 Å². The van der Waals surface area contributed by atoms with Crippen LogP contribution in [0.15, 0.2) is 57.0 Å². The number of ether oxygens (including phenoxy) is 2. The van der Waals surface area contributed by atoms with Crippen molar-refractivity contribution in [2.24, 2.45) is 4.99 Å². The van der Waals surface area contributed by atoms with E-state index in [1.54, 1.807) is 36.4 Å². The largest absolute Gasteiger partial charge is 0.493 e. The molecule has 0 unspecified atom stereocenters. The van der Waals surface area contributed by atoms with Crippen molar-refractivity contribution >= 4 is 28.8 Å². The molecule has 1 aliphatic heterocycles. The summed E-state index contributed by atoms with van der Waals surface area (Å²) in [6.45, 7) is 0.448. The predicted octanol–water partition coefficient (Wildman–Crippen LogP) is 2.18. The second-order valence-corrected chi connectivity index (χ2v) is 7.21. The lowest BCUT2D eigenvalue weighted by Crippen LogP contribution is -2.31. The van der Waals surface area contributed by atoms with Crippen molar-refractivity contribution in [2.75, 3.05) is 6.79 Å². The summed E-state index contributed by atoms with van der Waals surface area (Å²) >= 11 is 2.13. The number of aromatic amines is 1. The van der Waals surface area contributed by atoms with Gasteiger partial charge in [0.2, 0.25) is 12.7 Å². The molecule has 1 aliphatic rings. The fourth-order valence-corrected chi connectivity index (χ4v) is 3.13. The van der Waals surface area contributed by atoms with Crippen LogP contribution in [0.3, 0.4) is 0 Å². The highest BCUT2D eigenvalue weighted by molar-refractivity contribution is 14.1. The maximum Gasteiger partial charge on any atom is 0.335 e. The molecule has 0 saturated heterocycles. The second kappa shape index (κ2) is 7.50. The minimum absolute atomic E-state index is 0.0982. The third kappa shape index (κ3) is 3.52. The predicted molar refractivity (Wildman–Crippen MR) is 111 cm³/mol. The van der Waals surface area contributed by atoms with Gasteiger partial charge in [0.1, 0.15) is 5.56 Å². The third-order valence-corrected chi connectivity index (χ3v) is 4.86. The number of rotatable bonds is 4. The number of H-pyrrole nitrogens is 1. The lowest BCUT2D eigenvalue weighted by Gasteiger charge is -2.09.